The highest BCUT2D eigenvalue weighted by molar-refractivity contribution is 5.37. The molecular formula is C19H22N2O3. The van der Waals surface area contributed by atoms with Crippen molar-refractivity contribution in [1.82, 2.24) is 5.32 Å². The van der Waals surface area contributed by atoms with Crippen molar-refractivity contribution in [2.45, 2.75) is 26.4 Å². The zero-order valence-corrected chi connectivity index (χ0v) is 13.9. The average molecular weight is 326 g/mol. The van der Waals surface area contributed by atoms with Gasteiger partial charge in [-0.2, -0.15) is 5.26 Å². The fourth-order valence-electron chi connectivity index (χ4n) is 2.72. The van der Waals surface area contributed by atoms with Crippen LogP contribution in [0.15, 0.2) is 34.7 Å². The molecule has 126 valence electrons. The van der Waals surface area contributed by atoms with E-state index < -0.39 is 0 Å². The van der Waals surface area contributed by atoms with E-state index >= 15 is 0 Å². The zero-order chi connectivity index (χ0) is 16.8. The maximum atomic E-state index is 8.78. The molecule has 1 aromatic carbocycles. The molecule has 5 heteroatoms. The molecule has 0 aliphatic carbocycles. The number of rotatable bonds is 7. The van der Waals surface area contributed by atoms with E-state index in [9.17, 15) is 0 Å². The quantitative estimate of drug-likeness (QED) is 0.846. The number of nitriles is 1. The van der Waals surface area contributed by atoms with Crippen molar-refractivity contribution in [3.8, 4) is 11.8 Å². The Bertz CT molecular complexity index is 712. The zero-order valence-electron chi connectivity index (χ0n) is 13.9. The lowest BCUT2D eigenvalue weighted by molar-refractivity contribution is 0.166. The second-order valence-electron chi connectivity index (χ2n) is 6.13. The van der Waals surface area contributed by atoms with Gasteiger partial charge in [0.1, 0.15) is 17.6 Å². The van der Waals surface area contributed by atoms with Crippen LogP contribution in [0, 0.1) is 24.2 Å². The molecule has 2 heterocycles. The molecule has 1 saturated heterocycles. The lowest BCUT2D eigenvalue weighted by Gasteiger charge is -2.15. The molecule has 1 aliphatic rings. The topological polar surface area (TPSA) is 67.4 Å². The summed E-state index contributed by atoms with van der Waals surface area (Å²) in [5.41, 5.74) is 2.30. The van der Waals surface area contributed by atoms with Crippen LogP contribution in [0.5, 0.6) is 5.75 Å². The van der Waals surface area contributed by atoms with Crippen LogP contribution in [0.1, 0.15) is 29.1 Å². The van der Waals surface area contributed by atoms with Gasteiger partial charge in [-0.3, -0.25) is 0 Å². The van der Waals surface area contributed by atoms with Gasteiger partial charge in [-0.1, -0.05) is 12.1 Å². The van der Waals surface area contributed by atoms with E-state index in [1.54, 1.807) is 6.07 Å². The molecule has 1 N–H and O–H groups in total. The smallest absolute Gasteiger partial charge is 0.203 e. The lowest BCUT2D eigenvalue weighted by atomic mass is 10.1. The Hall–Kier alpha value is -2.29. The molecule has 0 saturated carbocycles. The summed E-state index contributed by atoms with van der Waals surface area (Å²) in [5.74, 6) is 2.50. The summed E-state index contributed by atoms with van der Waals surface area (Å²) in [7, 11) is 0. The maximum absolute atomic E-state index is 8.78. The van der Waals surface area contributed by atoms with Crippen LogP contribution in [0.4, 0.5) is 0 Å². The van der Waals surface area contributed by atoms with Gasteiger partial charge >= 0.3 is 0 Å². The number of hydrogen-bond acceptors (Lipinski definition) is 5. The van der Waals surface area contributed by atoms with E-state index in [1.807, 2.05) is 12.1 Å². The van der Waals surface area contributed by atoms with Gasteiger partial charge in [0.2, 0.25) is 5.76 Å². The Labute approximate surface area is 142 Å². The summed E-state index contributed by atoms with van der Waals surface area (Å²) < 4.78 is 16.8. The number of aryl methyl sites for hydroxylation is 1. The van der Waals surface area contributed by atoms with Gasteiger partial charge in [0.15, 0.2) is 0 Å². The third-order valence-electron chi connectivity index (χ3n) is 4.11. The van der Waals surface area contributed by atoms with Crippen molar-refractivity contribution in [3.63, 3.8) is 0 Å². The second-order valence-corrected chi connectivity index (χ2v) is 6.13. The first-order valence-corrected chi connectivity index (χ1v) is 8.24. The lowest BCUT2D eigenvalue weighted by Crippen LogP contribution is -2.16. The van der Waals surface area contributed by atoms with Crippen molar-refractivity contribution in [1.29, 1.82) is 5.26 Å². The Morgan fingerprint density at radius 1 is 1.29 bits per heavy atom. The summed E-state index contributed by atoms with van der Waals surface area (Å²) in [4.78, 5) is 0. The third-order valence-corrected chi connectivity index (χ3v) is 4.11. The first-order valence-electron chi connectivity index (χ1n) is 8.24. The molecule has 1 fully saturated rings. The second kappa shape index (κ2) is 8.00. The standard InChI is InChI=1S/C19H22N2O3/c1-14-2-3-16(10-21-11-18-5-4-17(9-20)24-18)19(8-14)23-13-15-6-7-22-12-15/h2-5,8,15,21H,6-7,10-13H2,1H3/t15-/m0/s1. The third kappa shape index (κ3) is 4.38. The van der Waals surface area contributed by atoms with E-state index in [-0.39, 0.29) is 0 Å². The van der Waals surface area contributed by atoms with Crippen molar-refractivity contribution < 1.29 is 13.9 Å². The Balaban J connectivity index is 1.56. The van der Waals surface area contributed by atoms with Crippen molar-refractivity contribution in [2.75, 3.05) is 19.8 Å². The van der Waals surface area contributed by atoms with Crippen LogP contribution in [0.2, 0.25) is 0 Å². The molecule has 0 unspecified atom stereocenters. The van der Waals surface area contributed by atoms with E-state index in [0.29, 0.717) is 31.4 Å². The van der Waals surface area contributed by atoms with Crippen LogP contribution >= 0.6 is 0 Å². The highest BCUT2D eigenvalue weighted by atomic mass is 16.5. The van der Waals surface area contributed by atoms with E-state index in [2.05, 4.69) is 30.4 Å². The monoisotopic (exact) mass is 326 g/mol. The minimum atomic E-state index is 0.338. The first-order chi connectivity index (χ1) is 11.7. The van der Waals surface area contributed by atoms with Gasteiger partial charge in [-0.15, -0.1) is 0 Å². The summed E-state index contributed by atoms with van der Waals surface area (Å²) in [5, 5.41) is 12.1. The van der Waals surface area contributed by atoms with Crippen molar-refractivity contribution >= 4 is 0 Å². The fourth-order valence-corrected chi connectivity index (χ4v) is 2.72. The number of furan rings is 1. The SMILES string of the molecule is Cc1ccc(CNCc2ccc(C#N)o2)c(OC[C@H]2CCOC2)c1. The largest absolute Gasteiger partial charge is 0.493 e. The van der Waals surface area contributed by atoms with Gasteiger partial charge in [0, 0.05) is 24.6 Å². The highest BCUT2D eigenvalue weighted by Gasteiger charge is 2.17. The van der Waals surface area contributed by atoms with Crippen LogP contribution < -0.4 is 10.1 Å². The molecule has 3 rings (SSSR count). The molecule has 0 amide bonds. The van der Waals surface area contributed by atoms with Crippen molar-refractivity contribution in [2.24, 2.45) is 5.92 Å². The normalized spacial score (nSPS) is 16.9. The molecule has 5 nitrogen and oxygen atoms in total. The predicted octanol–water partition coefficient (Wildman–Crippen LogP) is 3.16. The first kappa shape index (κ1) is 16.6. The molecule has 24 heavy (non-hydrogen) atoms. The summed E-state index contributed by atoms with van der Waals surface area (Å²) in [6.45, 7) is 5.64. The molecular weight excluding hydrogens is 304 g/mol. The number of benzene rings is 1. The minimum absolute atomic E-state index is 0.338. The average Bonchev–Trinajstić information content (AvgIpc) is 3.26. The molecule has 0 radical (unpaired) electrons. The van der Waals surface area contributed by atoms with Crippen LogP contribution in [-0.4, -0.2) is 19.8 Å². The van der Waals surface area contributed by atoms with Crippen LogP contribution in [0.25, 0.3) is 0 Å². The number of ether oxygens (including phenoxy) is 2. The van der Waals surface area contributed by atoms with E-state index in [1.165, 1.54) is 5.56 Å². The van der Waals surface area contributed by atoms with Gasteiger partial charge in [0.25, 0.3) is 0 Å². The number of hydrogen-bond donors (Lipinski definition) is 1. The maximum Gasteiger partial charge on any atom is 0.203 e. The van der Waals surface area contributed by atoms with Crippen LogP contribution in [0.3, 0.4) is 0 Å². The number of nitrogens with zero attached hydrogens (tertiary/aromatic N) is 1. The molecule has 2 aromatic rings. The van der Waals surface area contributed by atoms with Crippen LogP contribution in [-0.2, 0) is 17.8 Å². The van der Waals surface area contributed by atoms with E-state index in [4.69, 9.17) is 19.2 Å². The van der Waals surface area contributed by atoms with Gasteiger partial charge in [-0.05, 0) is 37.1 Å². The van der Waals surface area contributed by atoms with Gasteiger partial charge in [-0.25, -0.2) is 0 Å². The fraction of sp³-hybridized carbons (Fsp3) is 0.421. The summed E-state index contributed by atoms with van der Waals surface area (Å²) in [6.07, 6.45) is 1.07. The molecule has 0 spiro atoms. The predicted molar refractivity (Wildman–Crippen MR) is 89.6 cm³/mol. The Kier molecular flexibility index (Phi) is 5.52. The Morgan fingerprint density at radius 3 is 2.96 bits per heavy atom. The molecule has 1 aromatic heterocycles. The van der Waals surface area contributed by atoms with Crippen molar-refractivity contribution in [3.05, 3.63) is 53.0 Å². The Morgan fingerprint density at radius 2 is 2.21 bits per heavy atom. The van der Waals surface area contributed by atoms with Gasteiger partial charge in [0.05, 0.1) is 19.8 Å². The molecule has 1 aliphatic heterocycles. The summed E-state index contributed by atoms with van der Waals surface area (Å²) in [6, 6.07) is 11.7. The minimum Gasteiger partial charge on any atom is -0.493 e. The molecule has 1 atom stereocenters. The van der Waals surface area contributed by atoms with E-state index in [0.717, 1.165) is 36.7 Å². The van der Waals surface area contributed by atoms with Gasteiger partial charge < -0.3 is 19.2 Å². The highest BCUT2D eigenvalue weighted by Crippen LogP contribution is 2.23. The summed E-state index contributed by atoms with van der Waals surface area (Å²) >= 11 is 0. The molecule has 0 bridgehead atoms. The number of nitrogens with one attached hydrogen (secondary N) is 1.